The number of hydrogen-bond acceptors (Lipinski definition) is 6. The van der Waals surface area contributed by atoms with E-state index in [-0.39, 0.29) is 18.4 Å². The molecule has 4 rings (SSSR count). The lowest BCUT2D eigenvalue weighted by Gasteiger charge is -2.36. The first kappa shape index (κ1) is 26.2. The van der Waals surface area contributed by atoms with Gasteiger partial charge in [0.25, 0.3) is 0 Å². The fourth-order valence-electron chi connectivity index (χ4n) is 5.57. The number of nitrogens with two attached hydrogens (primary N) is 1. The molecule has 10 heteroatoms. The van der Waals surface area contributed by atoms with Gasteiger partial charge in [0.2, 0.25) is 11.8 Å². The van der Waals surface area contributed by atoms with Crippen molar-refractivity contribution in [1.29, 1.82) is 0 Å². The van der Waals surface area contributed by atoms with E-state index in [1.54, 1.807) is 26.8 Å². The number of halogens is 1. The molecule has 1 saturated carbocycles. The molecule has 2 bridgehead atoms. The zero-order chi connectivity index (χ0) is 26.2. The van der Waals surface area contributed by atoms with E-state index in [0.29, 0.717) is 5.56 Å². The van der Waals surface area contributed by atoms with Crippen molar-refractivity contribution >= 4 is 23.6 Å². The number of nitrogens with one attached hydrogen (secondary N) is 1. The molecule has 0 radical (unpaired) electrons. The third-order valence-corrected chi connectivity index (χ3v) is 7.45. The number of rotatable bonds is 6. The number of piperazine rings is 1. The van der Waals surface area contributed by atoms with E-state index in [2.05, 4.69) is 22.2 Å². The maximum Gasteiger partial charge on any atom is 0.411 e. The summed E-state index contributed by atoms with van der Waals surface area (Å²) in [5, 5.41) is 2.70. The van der Waals surface area contributed by atoms with Crippen LogP contribution in [0.25, 0.3) is 0 Å². The van der Waals surface area contributed by atoms with Crippen LogP contribution < -0.4 is 16.0 Å². The molecule has 9 nitrogen and oxygen atoms in total. The van der Waals surface area contributed by atoms with Gasteiger partial charge in [0, 0.05) is 44.3 Å². The van der Waals surface area contributed by atoms with Crippen LogP contribution in [0.2, 0.25) is 0 Å². The normalized spacial score (nSPS) is 25.1. The zero-order valence-electron chi connectivity index (χ0n) is 21.6. The number of fused-ring (bicyclic) bond motifs is 2. The monoisotopic (exact) mass is 503 g/mol. The summed E-state index contributed by atoms with van der Waals surface area (Å²) in [6.07, 6.45) is 1.77. The van der Waals surface area contributed by atoms with Gasteiger partial charge in [-0.2, -0.15) is 0 Å². The number of amides is 3. The minimum absolute atomic E-state index is 0.00403. The van der Waals surface area contributed by atoms with Crippen LogP contribution in [0.5, 0.6) is 0 Å². The van der Waals surface area contributed by atoms with E-state index in [1.165, 1.54) is 11.0 Å². The van der Waals surface area contributed by atoms with Crippen molar-refractivity contribution in [1.82, 2.24) is 15.1 Å². The van der Waals surface area contributed by atoms with Crippen LogP contribution in [0.4, 0.5) is 14.9 Å². The van der Waals surface area contributed by atoms with Gasteiger partial charge in [-0.1, -0.05) is 6.07 Å². The third kappa shape index (κ3) is 5.74. The molecule has 1 aromatic carbocycles. The van der Waals surface area contributed by atoms with E-state index in [0.717, 1.165) is 51.1 Å². The molecule has 198 valence electrons. The Hall–Kier alpha value is -2.88. The molecule has 2 aliphatic heterocycles. The molecule has 3 amide bonds. The van der Waals surface area contributed by atoms with Crippen LogP contribution in [-0.4, -0.2) is 84.7 Å². The van der Waals surface area contributed by atoms with Crippen LogP contribution >= 0.6 is 0 Å². The van der Waals surface area contributed by atoms with Crippen molar-refractivity contribution in [3.63, 3.8) is 0 Å². The second-order valence-corrected chi connectivity index (χ2v) is 11.3. The Morgan fingerprint density at radius 1 is 1.17 bits per heavy atom. The summed E-state index contributed by atoms with van der Waals surface area (Å²) in [6, 6.07) is 3.07. The SMILES string of the molecule is CN1CCN(c2ccc(C[C@H](NC(=O)[C@@H]3[C@H]4CC[C@H](C4)N3C(=O)OC(C)(C)C)C(N)=O)c(F)c2)CC1. The number of carbonyl (C=O) groups excluding carboxylic acids is 3. The average molecular weight is 504 g/mol. The highest BCUT2D eigenvalue weighted by Crippen LogP contribution is 2.43. The predicted octanol–water partition coefficient (Wildman–Crippen LogP) is 1.88. The van der Waals surface area contributed by atoms with E-state index in [1.807, 2.05) is 6.07 Å². The molecule has 0 aromatic heterocycles. The molecule has 1 aromatic rings. The van der Waals surface area contributed by atoms with Crippen molar-refractivity contribution < 1.29 is 23.5 Å². The average Bonchev–Trinajstić information content (AvgIpc) is 3.41. The van der Waals surface area contributed by atoms with Crippen LogP contribution in [0, 0.1) is 11.7 Å². The molecule has 0 unspecified atom stereocenters. The number of likely N-dealkylation sites (N-methyl/N-ethyl adjacent to an activating group) is 1. The molecular formula is C26H38FN5O4. The third-order valence-electron chi connectivity index (χ3n) is 7.45. The highest BCUT2D eigenvalue weighted by atomic mass is 19.1. The first-order chi connectivity index (χ1) is 16.9. The predicted molar refractivity (Wildman–Crippen MR) is 134 cm³/mol. The smallest absolute Gasteiger partial charge is 0.411 e. The van der Waals surface area contributed by atoms with E-state index in [4.69, 9.17) is 10.5 Å². The van der Waals surface area contributed by atoms with E-state index < -0.39 is 41.4 Å². The Morgan fingerprint density at radius 2 is 1.86 bits per heavy atom. The topological polar surface area (TPSA) is 108 Å². The number of piperidine rings is 1. The molecule has 2 saturated heterocycles. The molecule has 2 heterocycles. The maximum absolute atomic E-state index is 15.0. The largest absolute Gasteiger partial charge is 0.444 e. The Morgan fingerprint density at radius 3 is 2.47 bits per heavy atom. The second-order valence-electron chi connectivity index (χ2n) is 11.3. The van der Waals surface area contributed by atoms with Gasteiger partial charge in [-0.3, -0.25) is 14.5 Å². The second kappa shape index (κ2) is 10.2. The molecule has 36 heavy (non-hydrogen) atoms. The summed E-state index contributed by atoms with van der Waals surface area (Å²) in [5.74, 6) is -1.65. The lowest BCUT2D eigenvalue weighted by Crippen LogP contribution is -2.57. The standard InChI is InChI=1S/C26H38FN5O4/c1-26(2,3)36-25(35)32-19-8-6-17(13-19)22(32)24(34)29-21(23(28)33)14-16-5-7-18(15-20(16)27)31-11-9-30(4)10-12-31/h5,7,15,17,19,21-22H,6,8-14H2,1-4H3,(H2,28,33)(H,29,34)/t17-,19+,21-,22-/m0/s1. The van der Waals surface area contributed by atoms with E-state index >= 15 is 4.39 Å². The summed E-state index contributed by atoms with van der Waals surface area (Å²) in [5.41, 5.74) is 6.00. The van der Waals surface area contributed by atoms with Crippen molar-refractivity contribution in [2.75, 3.05) is 38.1 Å². The number of nitrogens with zero attached hydrogens (tertiary/aromatic N) is 3. The molecule has 1 aliphatic carbocycles. The van der Waals surface area contributed by atoms with E-state index in [9.17, 15) is 14.4 Å². The zero-order valence-corrected chi connectivity index (χ0v) is 21.6. The maximum atomic E-state index is 15.0. The summed E-state index contributed by atoms with van der Waals surface area (Å²) in [4.78, 5) is 44.3. The van der Waals surface area contributed by atoms with Gasteiger partial charge in [0.05, 0.1) is 0 Å². The molecule has 0 spiro atoms. The number of likely N-dealkylation sites (tertiary alicyclic amines) is 1. The highest BCUT2D eigenvalue weighted by molar-refractivity contribution is 5.91. The fraction of sp³-hybridized carbons (Fsp3) is 0.654. The molecule has 3 aliphatic rings. The Bertz CT molecular complexity index is 1000. The van der Waals surface area contributed by atoms with Crippen LogP contribution in [0.15, 0.2) is 18.2 Å². The summed E-state index contributed by atoms with van der Waals surface area (Å²) >= 11 is 0. The van der Waals surface area contributed by atoms with Crippen molar-refractivity contribution in [2.24, 2.45) is 11.7 Å². The minimum atomic E-state index is -1.10. The van der Waals surface area contributed by atoms with Gasteiger partial charge in [-0.15, -0.1) is 0 Å². The lowest BCUT2D eigenvalue weighted by molar-refractivity contribution is -0.132. The van der Waals surface area contributed by atoms with Crippen molar-refractivity contribution in [2.45, 2.75) is 70.2 Å². The van der Waals surface area contributed by atoms with Crippen molar-refractivity contribution in [3.8, 4) is 0 Å². The van der Waals surface area contributed by atoms with Gasteiger partial charge >= 0.3 is 6.09 Å². The molecular weight excluding hydrogens is 465 g/mol. The number of anilines is 1. The first-order valence-electron chi connectivity index (χ1n) is 12.8. The number of benzene rings is 1. The van der Waals surface area contributed by atoms with Gasteiger partial charge in [-0.25, -0.2) is 9.18 Å². The highest BCUT2D eigenvalue weighted by Gasteiger charge is 2.52. The molecule has 4 atom stereocenters. The van der Waals surface area contributed by atoms with Crippen LogP contribution in [0.1, 0.15) is 45.6 Å². The molecule has 3 fully saturated rings. The summed E-state index contributed by atoms with van der Waals surface area (Å²) in [6.45, 7) is 8.77. The van der Waals surface area contributed by atoms with Gasteiger partial charge in [0.15, 0.2) is 0 Å². The fourth-order valence-corrected chi connectivity index (χ4v) is 5.57. The van der Waals surface area contributed by atoms with Gasteiger partial charge in [0.1, 0.15) is 23.5 Å². The Balaban J connectivity index is 1.45. The number of hydrogen-bond donors (Lipinski definition) is 2. The Kier molecular flexibility index (Phi) is 7.45. The number of carbonyl (C=O) groups is 3. The number of primary amides is 1. The first-order valence-corrected chi connectivity index (χ1v) is 12.8. The molecule has 3 N–H and O–H groups in total. The summed E-state index contributed by atoms with van der Waals surface area (Å²) < 4.78 is 20.6. The lowest BCUT2D eigenvalue weighted by atomic mass is 9.97. The quantitative estimate of drug-likeness (QED) is 0.614. The minimum Gasteiger partial charge on any atom is -0.444 e. The van der Waals surface area contributed by atoms with Gasteiger partial charge in [-0.05, 0) is 70.7 Å². The van der Waals surface area contributed by atoms with Crippen molar-refractivity contribution in [3.05, 3.63) is 29.6 Å². The van der Waals surface area contributed by atoms with Crippen LogP contribution in [0.3, 0.4) is 0 Å². The number of ether oxygens (including phenoxy) is 1. The summed E-state index contributed by atoms with van der Waals surface area (Å²) in [7, 11) is 2.06. The van der Waals surface area contributed by atoms with Gasteiger partial charge < -0.3 is 25.6 Å². The Labute approximate surface area is 212 Å². The van der Waals surface area contributed by atoms with Crippen LogP contribution in [-0.2, 0) is 20.7 Å².